The molecule has 0 aliphatic carbocycles. The van der Waals surface area contributed by atoms with E-state index >= 15 is 0 Å². The Morgan fingerprint density at radius 2 is 1.75 bits per heavy atom. The van der Waals surface area contributed by atoms with Crippen LogP contribution in [0.15, 0.2) is 95.0 Å². The molecule has 0 saturated carbocycles. The zero-order valence-corrected chi connectivity index (χ0v) is 18.0. The third-order valence-electron chi connectivity index (χ3n) is 4.71. The van der Waals surface area contributed by atoms with E-state index in [0.717, 1.165) is 22.2 Å². The molecule has 6 nitrogen and oxygen atoms in total. The van der Waals surface area contributed by atoms with Crippen molar-refractivity contribution < 1.29 is 9.47 Å². The van der Waals surface area contributed by atoms with Crippen LogP contribution in [0.4, 0.5) is 5.69 Å². The standard InChI is InChI=1S/C26H24N4O2/c1-3-32-24-16-13-19(17-25(24)31-2)18-27-30-26(28-21-10-5-4-6-11-21)23-15-14-20-9-7-8-12-22(20)29-23/h4-18H,3H2,1-2H3,(H,28,30)/b27-18+. The van der Waals surface area contributed by atoms with Gasteiger partial charge in [0.05, 0.1) is 31.1 Å². The third-order valence-corrected chi connectivity index (χ3v) is 4.71. The average molecular weight is 425 g/mol. The second-order valence-corrected chi connectivity index (χ2v) is 6.90. The number of rotatable bonds is 7. The lowest BCUT2D eigenvalue weighted by atomic mass is 10.2. The SMILES string of the molecule is CCOc1ccc(/C=N/NC(=Nc2ccccc2)c2ccc3ccccc3n2)cc1OC. The normalized spacial score (nSPS) is 11.6. The summed E-state index contributed by atoms with van der Waals surface area (Å²) < 4.78 is 11.0. The number of nitrogens with zero attached hydrogens (tertiary/aromatic N) is 3. The van der Waals surface area contributed by atoms with E-state index in [2.05, 4.69) is 10.5 Å². The number of ether oxygens (including phenoxy) is 2. The number of amidine groups is 1. The number of aliphatic imine (C=N–C) groups is 1. The van der Waals surface area contributed by atoms with Crippen molar-refractivity contribution in [2.24, 2.45) is 10.1 Å². The Hall–Kier alpha value is -4.19. The Morgan fingerprint density at radius 1 is 0.938 bits per heavy atom. The highest BCUT2D eigenvalue weighted by Gasteiger charge is 2.07. The van der Waals surface area contributed by atoms with E-state index in [1.165, 1.54) is 0 Å². The highest BCUT2D eigenvalue weighted by Crippen LogP contribution is 2.27. The number of nitrogens with one attached hydrogen (secondary N) is 1. The summed E-state index contributed by atoms with van der Waals surface area (Å²) in [4.78, 5) is 9.48. The molecule has 1 N–H and O–H groups in total. The molecule has 0 bridgehead atoms. The minimum absolute atomic E-state index is 0.552. The molecule has 1 aromatic heterocycles. The zero-order valence-electron chi connectivity index (χ0n) is 18.0. The number of pyridine rings is 1. The van der Waals surface area contributed by atoms with Crippen molar-refractivity contribution in [3.05, 3.63) is 96.2 Å². The fraction of sp³-hybridized carbons (Fsp3) is 0.115. The number of hydrogen-bond donors (Lipinski definition) is 1. The van der Waals surface area contributed by atoms with E-state index in [4.69, 9.17) is 19.5 Å². The predicted octanol–water partition coefficient (Wildman–Crippen LogP) is 5.34. The van der Waals surface area contributed by atoms with Gasteiger partial charge in [-0.05, 0) is 55.0 Å². The Labute approximate surface area is 187 Å². The third kappa shape index (κ3) is 5.10. The van der Waals surface area contributed by atoms with Gasteiger partial charge in [-0.2, -0.15) is 5.10 Å². The van der Waals surface area contributed by atoms with Crippen LogP contribution in [-0.2, 0) is 0 Å². The van der Waals surface area contributed by atoms with Crippen LogP contribution in [0.2, 0.25) is 0 Å². The van der Waals surface area contributed by atoms with Crippen LogP contribution in [0.1, 0.15) is 18.2 Å². The fourth-order valence-corrected chi connectivity index (χ4v) is 3.18. The quantitative estimate of drug-likeness (QED) is 0.247. The van der Waals surface area contributed by atoms with Gasteiger partial charge in [0.25, 0.3) is 0 Å². The maximum Gasteiger partial charge on any atom is 0.173 e. The predicted molar refractivity (Wildman–Crippen MR) is 129 cm³/mol. The summed E-state index contributed by atoms with van der Waals surface area (Å²) in [5.41, 5.74) is 6.33. The first kappa shape index (κ1) is 21.1. The summed E-state index contributed by atoms with van der Waals surface area (Å²) in [6.45, 7) is 2.51. The van der Waals surface area contributed by atoms with Crippen molar-refractivity contribution in [2.75, 3.05) is 13.7 Å². The van der Waals surface area contributed by atoms with Gasteiger partial charge in [-0.1, -0.05) is 42.5 Å². The van der Waals surface area contributed by atoms with Crippen molar-refractivity contribution in [1.82, 2.24) is 10.4 Å². The summed E-state index contributed by atoms with van der Waals surface area (Å²) >= 11 is 0. The number of hydrazone groups is 1. The minimum atomic E-state index is 0.552. The number of fused-ring (bicyclic) bond motifs is 1. The van der Waals surface area contributed by atoms with Gasteiger partial charge in [0.15, 0.2) is 17.3 Å². The summed E-state index contributed by atoms with van der Waals surface area (Å²) in [7, 11) is 1.62. The summed E-state index contributed by atoms with van der Waals surface area (Å²) in [6, 6.07) is 27.3. The second-order valence-electron chi connectivity index (χ2n) is 6.90. The Balaban J connectivity index is 1.63. The molecule has 160 valence electrons. The topological polar surface area (TPSA) is 68.1 Å². The van der Waals surface area contributed by atoms with Crippen LogP contribution in [0, 0.1) is 0 Å². The first-order valence-electron chi connectivity index (χ1n) is 10.4. The molecular formula is C26H24N4O2. The second kappa shape index (κ2) is 10.2. The van der Waals surface area contributed by atoms with E-state index in [-0.39, 0.29) is 0 Å². The number of aromatic nitrogens is 1. The van der Waals surface area contributed by atoms with Gasteiger partial charge < -0.3 is 9.47 Å². The Kier molecular flexibility index (Phi) is 6.72. The van der Waals surface area contributed by atoms with E-state index in [1.807, 2.05) is 91.9 Å². The number of hydrogen-bond acceptors (Lipinski definition) is 5. The lowest BCUT2D eigenvalue weighted by molar-refractivity contribution is 0.311. The molecule has 1 heterocycles. The first-order chi connectivity index (χ1) is 15.8. The highest BCUT2D eigenvalue weighted by atomic mass is 16.5. The van der Waals surface area contributed by atoms with E-state index in [9.17, 15) is 0 Å². The van der Waals surface area contributed by atoms with Crippen molar-refractivity contribution in [3.63, 3.8) is 0 Å². The number of benzene rings is 3. The van der Waals surface area contributed by atoms with Crippen LogP contribution in [0.5, 0.6) is 11.5 Å². The highest BCUT2D eigenvalue weighted by molar-refractivity contribution is 6.00. The summed E-state index contributed by atoms with van der Waals surface area (Å²) in [5, 5.41) is 5.47. The van der Waals surface area contributed by atoms with Gasteiger partial charge in [0.2, 0.25) is 0 Å². The molecule has 0 unspecified atom stereocenters. The first-order valence-corrected chi connectivity index (χ1v) is 10.4. The molecule has 0 fully saturated rings. The Morgan fingerprint density at radius 3 is 2.56 bits per heavy atom. The van der Waals surface area contributed by atoms with Crippen molar-refractivity contribution >= 4 is 28.6 Å². The van der Waals surface area contributed by atoms with Crippen LogP contribution in [-0.4, -0.2) is 30.8 Å². The molecule has 0 atom stereocenters. The monoisotopic (exact) mass is 424 g/mol. The molecule has 6 heteroatoms. The largest absolute Gasteiger partial charge is 0.493 e. The van der Waals surface area contributed by atoms with Crippen LogP contribution in [0.25, 0.3) is 10.9 Å². The summed E-state index contributed by atoms with van der Waals surface area (Å²) in [5.74, 6) is 1.91. The van der Waals surface area contributed by atoms with E-state index in [1.54, 1.807) is 13.3 Å². The van der Waals surface area contributed by atoms with Crippen LogP contribution in [0.3, 0.4) is 0 Å². The Bertz CT molecular complexity index is 1250. The fourth-order valence-electron chi connectivity index (χ4n) is 3.18. The van der Waals surface area contributed by atoms with E-state index in [0.29, 0.717) is 29.6 Å². The maximum absolute atomic E-state index is 5.57. The minimum Gasteiger partial charge on any atom is -0.493 e. The van der Waals surface area contributed by atoms with Gasteiger partial charge in [-0.25, -0.2) is 9.98 Å². The summed E-state index contributed by atoms with van der Waals surface area (Å²) in [6.07, 6.45) is 1.71. The zero-order chi connectivity index (χ0) is 22.2. The molecule has 0 spiro atoms. The van der Waals surface area contributed by atoms with Gasteiger partial charge in [-0.3, -0.25) is 5.43 Å². The number of methoxy groups -OCH3 is 1. The molecule has 0 radical (unpaired) electrons. The number of para-hydroxylation sites is 2. The van der Waals surface area contributed by atoms with Crippen LogP contribution < -0.4 is 14.9 Å². The van der Waals surface area contributed by atoms with Gasteiger partial charge in [0, 0.05) is 5.39 Å². The molecule has 4 aromatic rings. The van der Waals surface area contributed by atoms with Gasteiger partial charge >= 0.3 is 0 Å². The van der Waals surface area contributed by atoms with Crippen molar-refractivity contribution in [3.8, 4) is 11.5 Å². The lowest BCUT2D eigenvalue weighted by Crippen LogP contribution is -2.20. The molecule has 0 aliphatic heterocycles. The maximum atomic E-state index is 5.57. The van der Waals surface area contributed by atoms with Crippen molar-refractivity contribution in [1.29, 1.82) is 0 Å². The molecule has 32 heavy (non-hydrogen) atoms. The smallest absolute Gasteiger partial charge is 0.173 e. The average Bonchev–Trinajstić information content (AvgIpc) is 2.84. The van der Waals surface area contributed by atoms with Crippen molar-refractivity contribution in [2.45, 2.75) is 6.92 Å². The lowest BCUT2D eigenvalue weighted by Gasteiger charge is -2.09. The molecular weight excluding hydrogens is 400 g/mol. The van der Waals surface area contributed by atoms with Crippen LogP contribution >= 0.6 is 0 Å². The van der Waals surface area contributed by atoms with E-state index < -0.39 is 0 Å². The molecule has 4 rings (SSSR count). The molecule has 0 amide bonds. The molecule has 0 saturated heterocycles. The molecule has 3 aromatic carbocycles. The van der Waals surface area contributed by atoms with Gasteiger partial charge in [0.1, 0.15) is 5.69 Å². The van der Waals surface area contributed by atoms with Gasteiger partial charge in [-0.15, -0.1) is 0 Å². The molecule has 0 aliphatic rings.